The summed E-state index contributed by atoms with van der Waals surface area (Å²) < 4.78 is 0. The Balaban J connectivity index is 4.66. The highest BCUT2D eigenvalue weighted by Crippen LogP contribution is 2.21. The lowest BCUT2D eigenvalue weighted by molar-refractivity contribution is 0.892. The van der Waals surface area contributed by atoms with Crippen LogP contribution in [0.1, 0.15) is 13.8 Å². The first-order valence-corrected chi connectivity index (χ1v) is 5.86. The van der Waals surface area contributed by atoms with Gasteiger partial charge in [-0.25, -0.2) is 0 Å². The second-order valence-corrected chi connectivity index (χ2v) is 4.64. The zero-order valence-electron chi connectivity index (χ0n) is 8.48. The zero-order valence-corrected chi connectivity index (χ0v) is 9.29. The van der Waals surface area contributed by atoms with E-state index in [9.17, 15) is 0 Å². The van der Waals surface area contributed by atoms with Crippen LogP contribution >= 0.6 is 10.5 Å². The quantitative estimate of drug-likeness (QED) is 0.524. The molecule has 1 unspecified atom stereocenters. The van der Waals surface area contributed by atoms with Crippen molar-refractivity contribution in [2.24, 2.45) is 0 Å². The predicted octanol–water partition coefficient (Wildman–Crippen LogP) is 2.39. The van der Waals surface area contributed by atoms with Gasteiger partial charge in [-0.15, -0.1) is 0 Å². The maximum atomic E-state index is 4.03. The lowest BCUT2D eigenvalue weighted by Gasteiger charge is -2.08. The maximum absolute atomic E-state index is 4.03. The summed E-state index contributed by atoms with van der Waals surface area (Å²) in [4.78, 5) is 1.39. The highest BCUT2D eigenvalue weighted by atomic mass is 32.2. The van der Waals surface area contributed by atoms with Gasteiger partial charge in [-0.3, -0.25) is 0 Å². The van der Waals surface area contributed by atoms with E-state index in [1.54, 1.807) is 0 Å². The van der Waals surface area contributed by atoms with Crippen molar-refractivity contribution < 1.29 is 0 Å². The molecule has 1 N–H and O–H groups in total. The third-order valence-electron chi connectivity index (χ3n) is 1.71. The first-order valence-electron chi connectivity index (χ1n) is 4.06. The fourth-order valence-corrected chi connectivity index (χ4v) is 1.50. The van der Waals surface area contributed by atoms with Crippen LogP contribution in [0.3, 0.4) is 0 Å². The van der Waals surface area contributed by atoms with Crippen LogP contribution in [0.5, 0.6) is 0 Å². The van der Waals surface area contributed by atoms with Gasteiger partial charge in [0.15, 0.2) is 0 Å². The van der Waals surface area contributed by atoms with Gasteiger partial charge in [0, 0.05) is 6.54 Å². The average molecular weight is 185 g/mol. The minimum absolute atomic E-state index is 0.145. The molecule has 70 valence electrons. The van der Waals surface area contributed by atoms with E-state index in [2.05, 4.69) is 36.5 Å². The third kappa shape index (κ3) is 3.88. The minimum Gasteiger partial charge on any atom is -0.316 e. The molecule has 0 aliphatic carbocycles. The molecule has 0 radical (unpaired) electrons. The monoisotopic (exact) mass is 185 g/mol. The molecule has 0 spiro atoms. The van der Waals surface area contributed by atoms with Crippen molar-refractivity contribution in [1.29, 1.82) is 0 Å². The Morgan fingerprint density at radius 3 is 2.50 bits per heavy atom. The number of hydrogen-bond donors (Lipinski definition) is 1. The Labute approximate surface area is 78.5 Å². The molecule has 0 saturated carbocycles. The van der Waals surface area contributed by atoms with Crippen LogP contribution < -0.4 is 5.32 Å². The molecule has 0 heterocycles. The summed E-state index contributed by atoms with van der Waals surface area (Å²) in [5.74, 6) is 4.03. The van der Waals surface area contributed by atoms with E-state index < -0.39 is 0 Å². The van der Waals surface area contributed by atoms with Crippen molar-refractivity contribution in [1.82, 2.24) is 5.32 Å². The molecule has 0 saturated heterocycles. The van der Waals surface area contributed by atoms with Gasteiger partial charge in [-0.2, -0.15) is 10.5 Å². The molecule has 0 aliphatic rings. The van der Waals surface area contributed by atoms with Crippen molar-refractivity contribution in [3.8, 4) is 0 Å². The highest BCUT2D eigenvalue weighted by Gasteiger charge is 1.96. The Hall–Kier alpha value is -0.340. The van der Waals surface area contributed by atoms with Gasteiger partial charge in [-0.1, -0.05) is 18.0 Å². The maximum Gasteiger partial charge on any atom is 0.0209 e. The van der Waals surface area contributed by atoms with Crippen molar-refractivity contribution >= 4 is 16.4 Å². The van der Waals surface area contributed by atoms with Gasteiger partial charge in [0.1, 0.15) is 0 Å². The van der Waals surface area contributed by atoms with Gasteiger partial charge in [0.05, 0.1) is 0 Å². The lowest BCUT2D eigenvalue weighted by atomic mass is 10.2. The summed E-state index contributed by atoms with van der Waals surface area (Å²) in [6, 6.07) is 0. The van der Waals surface area contributed by atoms with Crippen LogP contribution in [0.25, 0.3) is 0 Å². The van der Waals surface area contributed by atoms with Gasteiger partial charge in [0.25, 0.3) is 0 Å². The molecule has 12 heavy (non-hydrogen) atoms. The highest BCUT2D eigenvalue weighted by molar-refractivity contribution is 8.16. The smallest absolute Gasteiger partial charge is 0.0209 e. The Morgan fingerprint density at radius 1 is 1.58 bits per heavy atom. The molecule has 0 amide bonds. The summed E-state index contributed by atoms with van der Waals surface area (Å²) in [6.45, 7) is 5.13. The van der Waals surface area contributed by atoms with Crippen LogP contribution in [0.15, 0.2) is 22.6 Å². The van der Waals surface area contributed by atoms with Gasteiger partial charge < -0.3 is 5.32 Å². The molecule has 1 atom stereocenters. The lowest BCUT2D eigenvalue weighted by Crippen LogP contribution is -2.10. The summed E-state index contributed by atoms with van der Waals surface area (Å²) >= 11 is 0. The molecule has 0 aliphatic heterocycles. The Bertz CT molecular complexity index is 214. The SMILES string of the molecule is C=S(C)/C(C)=C(/C=C\C)CNC. The summed E-state index contributed by atoms with van der Waals surface area (Å²) in [7, 11) is 2.11. The van der Waals surface area contributed by atoms with Crippen molar-refractivity contribution in [3.63, 3.8) is 0 Å². The predicted molar refractivity (Wildman–Crippen MR) is 62.1 cm³/mol. The van der Waals surface area contributed by atoms with Crippen molar-refractivity contribution in [3.05, 3.63) is 22.6 Å². The van der Waals surface area contributed by atoms with Crippen LogP contribution in [-0.4, -0.2) is 25.7 Å². The van der Waals surface area contributed by atoms with Gasteiger partial charge in [0.2, 0.25) is 0 Å². The number of likely N-dealkylation sites (N-methyl/N-ethyl adjacent to an activating group) is 1. The molecule has 0 aromatic rings. The number of hydrogen-bond acceptors (Lipinski definition) is 1. The molecule has 0 bridgehead atoms. The van der Waals surface area contributed by atoms with E-state index in [1.807, 2.05) is 14.0 Å². The molecule has 0 rings (SSSR count). The molecule has 0 aromatic carbocycles. The summed E-state index contributed by atoms with van der Waals surface area (Å²) in [5.41, 5.74) is 1.36. The number of nitrogens with one attached hydrogen (secondary N) is 1. The van der Waals surface area contributed by atoms with E-state index in [-0.39, 0.29) is 10.5 Å². The minimum atomic E-state index is 0.145. The number of rotatable bonds is 4. The largest absolute Gasteiger partial charge is 0.316 e. The first-order chi connectivity index (χ1) is 5.63. The third-order valence-corrected chi connectivity index (χ3v) is 3.02. The van der Waals surface area contributed by atoms with Crippen LogP contribution in [0.2, 0.25) is 0 Å². The fraction of sp³-hybridized carbons (Fsp3) is 0.500. The van der Waals surface area contributed by atoms with E-state index in [4.69, 9.17) is 0 Å². The topological polar surface area (TPSA) is 12.0 Å². The second kappa shape index (κ2) is 6.21. The summed E-state index contributed by atoms with van der Waals surface area (Å²) in [6.07, 6.45) is 6.37. The number of allylic oxidation sites excluding steroid dienone is 2. The standard InChI is InChI=1S/C10H19NS/c1-6-7-10(8-11-3)9(2)12(4)5/h6-7,11H,4,8H2,1-3,5H3/b7-6-,10-9-. The van der Waals surface area contributed by atoms with E-state index in [0.29, 0.717) is 0 Å². The van der Waals surface area contributed by atoms with E-state index in [1.165, 1.54) is 10.5 Å². The first kappa shape index (κ1) is 11.7. The zero-order chi connectivity index (χ0) is 9.56. The van der Waals surface area contributed by atoms with Gasteiger partial charge in [-0.05, 0) is 37.6 Å². The molecular formula is C10H19NS. The van der Waals surface area contributed by atoms with Crippen molar-refractivity contribution in [2.45, 2.75) is 13.8 Å². The van der Waals surface area contributed by atoms with Crippen LogP contribution in [0.4, 0.5) is 0 Å². The van der Waals surface area contributed by atoms with E-state index in [0.717, 1.165) is 6.54 Å². The normalized spacial score (nSPS) is 16.3. The molecule has 0 fully saturated rings. The molecule has 1 nitrogen and oxygen atoms in total. The fourth-order valence-electron chi connectivity index (χ4n) is 0.916. The van der Waals surface area contributed by atoms with Crippen LogP contribution in [0, 0.1) is 0 Å². The Kier molecular flexibility index (Phi) is 6.03. The van der Waals surface area contributed by atoms with E-state index >= 15 is 0 Å². The van der Waals surface area contributed by atoms with Crippen LogP contribution in [-0.2, 0) is 0 Å². The second-order valence-electron chi connectivity index (χ2n) is 2.75. The average Bonchev–Trinajstić information content (AvgIpc) is 2.03. The summed E-state index contributed by atoms with van der Waals surface area (Å²) in [5, 5.41) is 3.16. The van der Waals surface area contributed by atoms with Crippen molar-refractivity contribution in [2.75, 3.05) is 19.8 Å². The van der Waals surface area contributed by atoms with Gasteiger partial charge >= 0.3 is 0 Å². The molecule has 0 aromatic heterocycles. The Morgan fingerprint density at radius 2 is 2.17 bits per heavy atom. The molecule has 2 heteroatoms. The molecular weight excluding hydrogens is 166 g/mol.